The van der Waals surface area contributed by atoms with Crippen molar-refractivity contribution in [3.63, 3.8) is 0 Å². The van der Waals surface area contributed by atoms with Crippen molar-refractivity contribution in [2.75, 3.05) is 6.61 Å². The third-order valence-corrected chi connectivity index (χ3v) is 6.61. The topological polar surface area (TPSA) is 144 Å². The maximum absolute atomic E-state index is 10.2. The molecule has 0 heterocycles. The van der Waals surface area contributed by atoms with E-state index in [0.717, 1.165) is 12.8 Å². The van der Waals surface area contributed by atoms with Crippen molar-refractivity contribution in [3.05, 3.63) is 0 Å². The third kappa shape index (κ3) is 73.1. The molecule has 0 aliphatic rings. The Bertz CT molecular complexity index is 589. The van der Waals surface area contributed by atoms with Crippen LogP contribution in [0.4, 0.5) is 0 Å². The predicted molar refractivity (Wildman–Crippen MR) is 142 cm³/mol. The van der Waals surface area contributed by atoms with E-state index >= 15 is 0 Å². The van der Waals surface area contributed by atoms with E-state index in [4.69, 9.17) is 22.1 Å². The average molecular weight is 601 g/mol. The van der Waals surface area contributed by atoms with Gasteiger partial charge in [-0.25, -0.2) is 4.18 Å². The van der Waals surface area contributed by atoms with Gasteiger partial charge in [0.25, 0.3) is 0 Å². The average Bonchev–Trinajstić information content (AvgIpc) is 2.75. The second-order valence-corrected chi connectivity index (χ2v) is 11.9. The first-order chi connectivity index (χ1) is 16.5. The van der Waals surface area contributed by atoms with Gasteiger partial charge >= 0.3 is 172 Å². The molecule has 0 atom stereocenters. The molecular formula is C24H51Na3O8S2. The van der Waals surface area contributed by atoms with Crippen LogP contribution in [0.15, 0.2) is 0 Å². The van der Waals surface area contributed by atoms with Crippen molar-refractivity contribution in [3.8, 4) is 0 Å². The van der Waals surface area contributed by atoms with Gasteiger partial charge in [-0.15, -0.1) is 0 Å². The Morgan fingerprint density at radius 1 is 0.568 bits per heavy atom. The summed E-state index contributed by atoms with van der Waals surface area (Å²) in [5.74, 6) is 0. The van der Waals surface area contributed by atoms with Gasteiger partial charge < -0.3 is 9.11 Å². The monoisotopic (exact) mass is 600 g/mol. The molecule has 0 aromatic heterocycles. The summed E-state index contributed by atoms with van der Waals surface area (Å²) in [6, 6.07) is 0. The minimum Gasteiger partial charge on any atom is -0.759 e. The Hall–Kier alpha value is 2.74. The molecule has 0 aromatic rings. The quantitative estimate of drug-likeness (QED) is 0.0835. The molecule has 1 N–H and O–H groups in total. The van der Waals surface area contributed by atoms with E-state index in [1.807, 2.05) is 0 Å². The minimum atomic E-state index is -5.17. The van der Waals surface area contributed by atoms with E-state index in [-0.39, 0.29) is 65.7 Å². The molecule has 0 bridgehead atoms. The maximum atomic E-state index is 10.2. The predicted octanol–water partition coefficient (Wildman–Crippen LogP) is 0.891. The van der Waals surface area contributed by atoms with Crippen molar-refractivity contribution in [2.24, 2.45) is 0 Å². The minimum absolute atomic E-state index is 0. The van der Waals surface area contributed by atoms with E-state index in [1.54, 1.807) is 0 Å². The van der Waals surface area contributed by atoms with Gasteiger partial charge in [0, 0.05) is 10.4 Å². The normalized spacial score (nSPS) is 10.8. The van der Waals surface area contributed by atoms with Crippen LogP contribution >= 0.6 is 0 Å². The molecule has 0 aliphatic carbocycles. The van der Waals surface area contributed by atoms with Gasteiger partial charge in [-0.1, -0.05) is 64.7 Å². The largest absolute Gasteiger partial charge is 1.00 e. The molecule has 13 heteroatoms. The summed E-state index contributed by atoms with van der Waals surface area (Å²) in [5.41, 5.74) is 0. The molecule has 0 amide bonds. The van der Waals surface area contributed by atoms with Crippen LogP contribution in [-0.2, 0) is 25.0 Å². The standard InChI is InChI=1S/C12H26O4S.C12H25.3Na.H2O4S/c1-2-3-4-5-6-7-8-9-10-11-12-16-17(13,14)15;1-3-5-7-9-11-12-10-8-6-4-2;;;;1-5(2,3)4/h2-12H2,1H3,(H,13,14,15);1,3-12H2,2H3;;;;(H2,1,2,3,4)/q;;;2*+1;/p-2. The van der Waals surface area contributed by atoms with Crippen LogP contribution in [0, 0.1) is 0 Å². The molecule has 210 valence electrons. The van der Waals surface area contributed by atoms with Crippen LogP contribution < -0.4 is 59.1 Å². The molecule has 0 saturated carbocycles. The summed E-state index contributed by atoms with van der Waals surface area (Å²) in [5, 5.41) is 0. The fourth-order valence-electron chi connectivity index (χ4n) is 3.49. The molecule has 0 saturated heterocycles. The number of hydrogen-bond donors (Lipinski definition) is 1. The van der Waals surface area contributed by atoms with Crippen molar-refractivity contribution in [2.45, 2.75) is 146 Å². The summed E-state index contributed by atoms with van der Waals surface area (Å²) < 4.78 is 68.6. The Kier molecular flexibility index (Phi) is 51.7. The van der Waals surface area contributed by atoms with Crippen LogP contribution in [0.1, 0.15) is 142 Å². The third-order valence-electron chi connectivity index (χ3n) is 5.44. The Labute approximate surface area is 291 Å². The second kappa shape index (κ2) is 38.7. The molecule has 0 spiro atoms. The van der Waals surface area contributed by atoms with E-state index in [0.29, 0.717) is 6.42 Å². The Morgan fingerprint density at radius 3 is 1.05 bits per heavy atom. The fourth-order valence-corrected chi connectivity index (χ4v) is 4.32. The zero-order valence-electron chi connectivity index (χ0n) is 24.7. The molecule has 8 nitrogen and oxygen atoms in total. The van der Waals surface area contributed by atoms with E-state index in [2.05, 4.69) is 18.0 Å². The van der Waals surface area contributed by atoms with Crippen LogP contribution in [0.5, 0.6) is 0 Å². The Morgan fingerprint density at radius 2 is 0.811 bits per heavy atom. The van der Waals surface area contributed by atoms with E-state index in [1.165, 1.54) is 141 Å². The van der Waals surface area contributed by atoms with Crippen molar-refractivity contribution >= 4 is 48.7 Å². The van der Waals surface area contributed by atoms with Crippen LogP contribution in [0.3, 0.4) is 0 Å². The van der Waals surface area contributed by atoms with E-state index in [9.17, 15) is 8.42 Å². The number of hydrogen-bond acceptors (Lipinski definition) is 7. The molecule has 0 fully saturated rings. The van der Waals surface area contributed by atoms with Gasteiger partial charge in [-0.2, -0.15) is 8.42 Å². The first kappa shape index (κ1) is 49.4. The molecule has 0 aliphatic heterocycles. The summed E-state index contributed by atoms with van der Waals surface area (Å²) in [6.45, 7) is 4.60. The summed E-state index contributed by atoms with van der Waals surface area (Å²) >= 11 is 1.41. The van der Waals surface area contributed by atoms with Crippen molar-refractivity contribution < 1.29 is 93.8 Å². The zero-order valence-corrected chi connectivity index (χ0v) is 32.3. The molecular weight excluding hydrogens is 549 g/mol. The van der Waals surface area contributed by atoms with Gasteiger partial charge in [-0.3, -0.25) is 13.0 Å². The smallest absolute Gasteiger partial charge is 0.759 e. The molecule has 0 rings (SSSR count). The summed E-state index contributed by atoms with van der Waals surface area (Å²) in [7, 11) is -9.40. The maximum Gasteiger partial charge on any atom is 1.00 e. The van der Waals surface area contributed by atoms with Gasteiger partial charge in [0.1, 0.15) is 0 Å². The Balaban J connectivity index is -0.000000152. The van der Waals surface area contributed by atoms with Crippen LogP contribution in [0.2, 0.25) is 3.67 Å². The van der Waals surface area contributed by atoms with Crippen LogP contribution in [0.25, 0.3) is 0 Å². The number of rotatable bonds is 22. The first-order valence-corrected chi connectivity index (χ1v) is 17.9. The first-order valence-electron chi connectivity index (χ1n) is 13.8. The van der Waals surface area contributed by atoms with Crippen molar-refractivity contribution in [1.29, 1.82) is 0 Å². The summed E-state index contributed by atoms with van der Waals surface area (Å²) in [6.07, 6.45) is 26.6. The molecule has 0 unspecified atom stereocenters. The van der Waals surface area contributed by atoms with E-state index < -0.39 is 20.8 Å². The summed E-state index contributed by atoms with van der Waals surface area (Å²) in [4.78, 5) is 0. The van der Waals surface area contributed by atoms with Gasteiger partial charge in [0.2, 0.25) is 0 Å². The molecule has 0 radical (unpaired) electrons. The van der Waals surface area contributed by atoms with Gasteiger partial charge in [0.15, 0.2) is 0 Å². The van der Waals surface area contributed by atoms with Crippen molar-refractivity contribution in [1.82, 2.24) is 0 Å². The molecule has 37 heavy (non-hydrogen) atoms. The van der Waals surface area contributed by atoms with Gasteiger partial charge in [-0.05, 0) is 6.42 Å². The van der Waals surface area contributed by atoms with Gasteiger partial charge in [0.05, 0.1) is 6.61 Å². The fraction of sp³-hybridized carbons (Fsp3) is 1.00. The SMILES string of the molecule is CCCCCCCCCCCCOS(=O)(=O)O.CCCCCCCCCCC[CH2][Na].O=S(=O)([O-])[O-].[Na+].[Na+]. The zero-order chi connectivity index (χ0) is 27.3. The second-order valence-electron chi connectivity index (χ2n) is 9.02. The van der Waals surface area contributed by atoms with Crippen LogP contribution in [-0.4, -0.2) is 65.0 Å². The molecule has 0 aromatic carbocycles. The number of unbranched alkanes of at least 4 members (excludes halogenated alkanes) is 18.